The minimum atomic E-state index is -3.70. The minimum Gasteiger partial charge on any atom is -0.395 e. The zero-order valence-electron chi connectivity index (χ0n) is 9.38. The van der Waals surface area contributed by atoms with Crippen LogP contribution in [0.15, 0.2) is 21.6 Å². The van der Waals surface area contributed by atoms with Crippen molar-refractivity contribution in [3.63, 3.8) is 0 Å². The van der Waals surface area contributed by atoms with Crippen molar-refractivity contribution in [1.82, 2.24) is 9.29 Å². The number of pyridine rings is 1. The standard InChI is InChI=1S/C10H12BrClN2O3S/c11-7-4-9(10(12)13-5-7)18(16,17)14-3-1-2-8(14)6-15/h4-5,8,15H,1-3,6H2. The Bertz CT molecular complexity index is 552. The van der Waals surface area contributed by atoms with Gasteiger partial charge in [0, 0.05) is 23.3 Å². The Morgan fingerprint density at radius 3 is 3.00 bits per heavy atom. The van der Waals surface area contributed by atoms with E-state index in [-0.39, 0.29) is 22.7 Å². The van der Waals surface area contributed by atoms with Crippen molar-refractivity contribution in [2.24, 2.45) is 0 Å². The normalized spacial score (nSPS) is 21.4. The molecule has 18 heavy (non-hydrogen) atoms. The molecule has 1 aliphatic rings. The first-order chi connectivity index (χ1) is 8.46. The molecule has 0 spiro atoms. The van der Waals surface area contributed by atoms with Gasteiger partial charge in [-0.05, 0) is 34.8 Å². The zero-order valence-corrected chi connectivity index (χ0v) is 12.5. The summed E-state index contributed by atoms with van der Waals surface area (Å²) >= 11 is 9.03. The monoisotopic (exact) mass is 354 g/mol. The summed E-state index contributed by atoms with van der Waals surface area (Å²) in [6, 6.07) is 1.06. The van der Waals surface area contributed by atoms with Gasteiger partial charge in [0.15, 0.2) is 0 Å². The molecule has 1 saturated heterocycles. The third-order valence-corrected chi connectivity index (χ3v) is 5.71. The van der Waals surface area contributed by atoms with Gasteiger partial charge < -0.3 is 5.11 Å². The molecule has 0 amide bonds. The van der Waals surface area contributed by atoms with E-state index < -0.39 is 10.0 Å². The summed E-state index contributed by atoms with van der Waals surface area (Å²) in [4.78, 5) is 3.79. The highest BCUT2D eigenvalue weighted by atomic mass is 79.9. The van der Waals surface area contributed by atoms with Crippen LogP contribution in [0.25, 0.3) is 0 Å². The van der Waals surface area contributed by atoms with Crippen LogP contribution >= 0.6 is 27.5 Å². The Balaban J connectivity index is 2.45. The van der Waals surface area contributed by atoms with Gasteiger partial charge in [-0.25, -0.2) is 13.4 Å². The van der Waals surface area contributed by atoms with Crippen LogP contribution in [0.3, 0.4) is 0 Å². The summed E-state index contributed by atoms with van der Waals surface area (Å²) in [6.07, 6.45) is 2.84. The number of rotatable bonds is 3. The van der Waals surface area contributed by atoms with Crippen LogP contribution in [0, 0.1) is 0 Å². The van der Waals surface area contributed by atoms with Gasteiger partial charge in [-0.3, -0.25) is 0 Å². The van der Waals surface area contributed by atoms with E-state index in [4.69, 9.17) is 11.6 Å². The molecular formula is C10H12BrClN2O3S. The Labute approximate surface area is 119 Å². The molecule has 0 aliphatic carbocycles. The van der Waals surface area contributed by atoms with Crippen LogP contribution < -0.4 is 0 Å². The molecule has 0 saturated carbocycles. The maximum atomic E-state index is 12.4. The highest BCUT2D eigenvalue weighted by Gasteiger charge is 2.36. The highest BCUT2D eigenvalue weighted by Crippen LogP contribution is 2.30. The molecular weight excluding hydrogens is 344 g/mol. The maximum absolute atomic E-state index is 12.4. The van der Waals surface area contributed by atoms with Gasteiger partial charge in [0.25, 0.3) is 0 Å². The molecule has 1 atom stereocenters. The Morgan fingerprint density at radius 2 is 2.33 bits per heavy atom. The number of sulfonamides is 1. The number of hydrogen-bond acceptors (Lipinski definition) is 4. The van der Waals surface area contributed by atoms with E-state index in [0.29, 0.717) is 17.4 Å². The lowest BCUT2D eigenvalue weighted by atomic mass is 10.2. The lowest BCUT2D eigenvalue weighted by molar-refractivity contribution is 0.213. The lowest BCUT2D eigenvalue weighted by Crippen LogP contribution is -2.37. The van der Waals surface area contributed by atoms with Gasteiger partial charge in [-0.2, -0.15) is 4.31 Å². The fraction of sp³-hybridized carbons (Fsp3) is 0.500. The van der Waals surface area contributed by atoms with Crippen molar-refractivity contribution in [3.05, 3.63) is 21.9 Å². The van der Waals surface area contributed by atoms with E-state index >= 15 is 0 Å². The molecule has 8 heteroatoms. The predicted octanol–water partition coefficient (Wildman–Crippen LogP) is 1.64. The molecule has 0 radical (unpaired) electrons. The molecule has 0 bridgehead atoms. The first kappa shape index (κ1) is 14.2. The predicted molar refractivity (Wildman–Crippen MR) is 70.9 cm³/mol. The smallest absolute Gasteiger partial charge is 0.246 e. The SMILES string of the molecule is O=S(=O)(c1cc(Br)cnc1Cl)N1CCCC1CO. The number of aliphatic hydroxyl groups excluding tert-OH is 1. The van der Waals surface area contributed by atoms with Crippen LogP contribution in [-0.2, 0) is 10.0 Å². The number of aromatic nitrogens is 1. The molecule has 2 heterocycles. The molecule has 1 aromatic rings. The summed E-state index contributed by atoms with van der Waals surface area (Å²) in [5.41, 5.74) is 0. The Hall–Kier alpha value is -0.210. The van der Waals surface area contributed by atoms with Crippen molar-refractivity contribution in [2.75, 3.05) is 13.2 Å². The molecule has 0 aromatic carbocycles. The third kappa shape index (κ3) is 2.55. The van der Waals surface area contributed by atoms with E-state index in [1.165, 1.54) is 16.6 Å². The average molecular weight is 356 g/mol. The summed E-state index contributed by atoms with van der Waals surface area (Å²) in [5.74, 6) is 0. The topological polar surface area (TPSA) is 70.5 Å². The molecule has 1 unspecified atom stereocenters. The minimum absolute atomic E-state index is 0.0288. The summed E-state index contributed by atoms with van der Waals surface area (Å²) in [5, 5.41) is 9.15. The molecule has 1 N–H and O–H groups in total. The van der Waals surface area contributed by atoms with Crippen molar-refractivity contribution in [3.8, 4) is 0 Å². The molecule has 1 fully saturated rings. The Morgan fingerprint density at radius 1 is 1.61 bits per heavy atom. The lowest BCUT2D eigenvalue weighted by Gasteiger charge is -2.22. The van der Waals surface area contributed by atoms with Gasteiger partial charge in [0.05, 0.1) is 6.61 Å². The van der Waals surface area contributed by atoms with Gasteiger partial charge in [-0.1, -0.05) is 11.6 Å². The van der Waals surface area contributed by atoms with Crippen molar-refractivity contribution >= 4 is 37.6 Å². The van der Waals surface area contributed by atoms with Gasteiger partial charge in [0.1, 0.15) is 10.0 Å². The van der Waals surface area contributed by atoms with Gasteiger partial charge >= 0.3 is 0 Å². The molecule has 1 aliphatic heterocycles. The molecule has 1 aromatic heterocycles. The number of aliphatic hydroxyl groups is 1. The summed E-state index contributed by atoms with van der Waals surface area (Å²) in [6.45, 7) is 0.217. The second kappa shape index (κ2) is 5.42. The number of halogens is 2. The van der Waals surface area contributed by atoms with Crippen molar-refractivity contribution < 1.29 is 13.5 Å². The molecule has 2 rings (SSSR count). The first-order valence-electron chi connectivity index (χ1n) is 5.40. The van der Waals surface area contributed by atoms with Crippen molar-refractivity contribution in [2.45, 2.75) is 23.8 Å². The fourth-order valence-corrected chi connectivity index (χ4v) is 4.63. The van der Waals surface area contributed by atoms with Crippen LogP contribution in [0.4, 0.5) is 0 Å². The van der Waals surface area contributed by atoms with Crippen molar-refractivity contribution in [1.29, 1.82) is 0 Å². The van der Waals surface area contributed by atoms with E-state index in [1.807, 2.05) is 0 Å². The average Bonchev–Trinajstić information content (AvgIpc) is 2.81. The Kier molecular flexibility index (Phi) is 4.28. The molecule has 5 nitrogen and oxygen atoms in total. The second-order valence-electron chi connectivity index (χ2n) is 4.04. The van der Waals surface area contributed by atoms with Crippen LogP contribution in [0.1, 0.15) is 12.8 Å². The zero-order chi connectivity index (χ0) is 13.3. The number of nitrogens with zero attached hydrogens (tertiary/aromatic N) is 2. The van der Waals surface area contributed by atoms with E-state index in [0.717, 1.165) is 6.42 Å². The number of hydrogen-bond donors (Lipinski definition) is 1. The largest absolute Gasteiger partial charge is 0.395 e. The fourth-order valence-electron chi connectivity index (χ4n) is 2.02. The van der Waals surface area contributed by atoms with Crippen LogP contribution in [0.5, 0.6) is 0 Å². The van der Waals surface area contributed by atoms with Crippen LogP contribution in [0.2, 0.25) is 5.15 Å². The first-order valence-corrected chi connectivity index (χ1v) is 8.01. The highest BCUT2D eigenvalue weighted by molar-refractivity contribution is 9.10. The third-order valence-electron chi connectivity index (χ3n) is 2.89. The van der Waals surface area contributed by atoms with Gasteiger partial charge in [0.2, 0.25) is 10.0 Å². The maximum Gasteiger partial charge on any atom is 0.246 e. The van der Waals surface area contributed by atoms with E-state index in [1.54, 1.807) is 0 Å². The van der Waals surface area contributed by atoms with E-state index in [9.17, 15) is 13.5 Å². The van der Waals surface area contributed by atoms with Gasteiger partial charge in [-0.15, -0.1) is 0 Å². The van der Waals surface area contributed by atoms with Crippen LogP contribution in [-0.4, -0.2) is 42.0 Å². The summed E-state index contributed by atoms with van der Waals surface area (Å²) < 4.78 is 26.7. The molecule has 100 valence electrons. The second-order valence-corrected chi connectivity index (χ2v) is 7.17. The summed E-state index contributed by atoms with van der Waals surface area (Å²) in [7, 11) is -3.70. The quantitative estimate of drug-likeness (QED) is 0.837. The van der Waals surface area contributed by atoms with E-state index in [2.05, 4.69) is 20.9 Å².